The zero-order valence-electron chi connectivity index (χ0n) is 16.2. The molecule has 27 heavy (non-hydrogen) atoms. The van der Waals surface area contributed by atoms with Crippen molar-refractivity contribution >= 4 is 11.6 Å². The Kier molecular flexibility index (Phi) is 5.99. The fourth-order valence-electron chi connectivity index (χ4n) is 3.57. The van der Waals surface area contributed by atoms with Crippen LogP contribution in [0.4, 0.5) is 10.1 Å². The van der Waals surface area contributed by atoms with E-state index in [-0.39, 0.29) is 17.8 Å². The molecule has 1 heterocycles. The number of benzene rings is 2. The summed E-state index contributed by atoms with van der Waals surface area (Å²) < 4.78 is 18.9. The number of halogens is 1. The maximum absolute atomic E-state index is 13.1. The van der Waals surface area contributed by atoms with Crippen LogP contribution in [0.1, 0.15) is 25.3 Å². The minimum Gasteiger partial charge on any atom is -0.481 e. The average molecular weight is 370 g/mol. The van der Waals surface area contributed by atoms with Gasteiger partial charge in [-0.25, -0.2) is 4.39 Å². The normalized spacial score (nSPS) is 16.1. The van der Waals surface area contributed by atoms with Crippen molar-refractivity contribution in [2.45, 2.75) is 38.8 Å². The second-order valence-corrected chi connectivity index (χ2v) is 7.22. The number of carbonyl (C=O) groups is 1. The molecule has 1 aliphatic rings. The molecule has 0 bridgehead atoms. The Morgan fingerprint density at radius 2 is 1.85 bits per heavy atom. The molecule has 3 rings (SSSR count). The smallest absolute Gasteiger partial charge is 0.263 e. The van der Waals surface area contributed by atoms with Crippen LogP contribution in [0, 0.1) is 12.7 Å². The van der Waals surface area contributed by atoms with E-state index >= 15 is 0 Å². The van der Waals surface area contributed by atoms with Crippen LogP contribution in [0.25, 0.3) is 0 Å². The predicted octanol–water partition coefficient (Wildman–Crippen LogP) is 4.03. The van der Waals surface area contributed by atoms with Crippen molar-refractivity contribution in [3.05, 3.63) is 59.9 Å². The summed E-state index contributed by atoms with van der Waals surface area (Å²) in [5.41, 5.74) is 2.13. The van der Waals surface area contributed by atoms with Gasteiger partial charge in [-0.3, -0.25) is 4.79 Å². The number of carbonyl (C=O) groups excluding carboxylic acids is 1. The van der Waals surface area contributed by atoms with Gasteiger partial charge in [0.25, 0.3) is 5.91 Å². The zero-order chi connectivity index (χ0) is 19.4. The zero-order valence-corrected chi connectivity index (χ0v) is 16.2. The number of nitrogens with zero attached hydrogens (tertiary/aromatic N) is 2. The standard InChI is InChI=1S/C22H27FN2O2/c1-16-5-4-6-21(15-16)27-17(2)22(26)24(3)19-11-13-25(14-12-19)20-9-7-18(23)8-10-20/h4-10,15,17,19H,11-14H2,1-3H3. The van der Waals surface area contributed by atoms with E-state index < -0.39 is 6.10 Å². The quantitative estimate of drug-likeness (QED) is 0.797. The molecule has 0 aliphatic carbocycles. The van der Waals surface area contributed by atoms with Crippen LogP contribution in [0.3, 0.4) is 0 Å². The molecule has 0 spiro atoms. The number of likely N-dealkylation sites (N-methyl/N-ethyl adjacent to an activating group) is 1. The highest BCUT2D eigenvalue weighted by atomic mass is 19.1. The second-order valence-electron chi connectivity index (χ2n) is 7.22. The molecule has 0 radical (unpaired) electrons. The third-order valence-electron chi connectivity index (χ3n) is 5.20. The molecule has 1 atom stereocenters. The molecule has 2 aromatic carbocycles. The number of hydrogen-bond acceptors (Lipinski definition) is 3. The van der Waals surface area contributed by atoms with Gasteiger partial charge in [0, 0.05) is 31.9 Å². The van der Waals surface area contributed by atoms with Gasteiger partial charge in [0.15, 0.2) is 6.10 Å². The lowest BCUT2D eigenvalue weighted by atomic mass is 10.0. The van der Waals surface area contributed by atoms with E-state index in [1.54, 1.807) is 6.92 Å². The lowest BCUT2D eigenvalue weighted by Gasteiger charge is -2.38. The van der Waals surface area contributed by atoms with E-state index in [2.05, 4.69) is 4.90 Å². The summed E-state index contributed by atoms with van der Waals surface area (Å²) in [6.07, 6.45) is 1.25. The highest BCUT2D eigenvalue weighted by Gasteiger charge is 2.28. The van der Waals surface area contributed by atoms with Crippen molar-refractivity contribution in [2.24, 2.45) is 0 Å². The third-order valence-corrected chi connectivity index (χ3v) is 5.20. The number of hydrogen-bond donors (Lipinski definition) is 0. The van der Waals surface area contributed by atoms with Crippen LogP contribution in [-0.4, -0.2) is 43.1 Å². The van der Waals surface area contributed by atoms with Crippen LogP contribution in [0.5, 0.6) is 5.75 Å². The van der Waals surface area contributed by atoms with Crippen molar-refractivity contribution < 1.29 is 13.9 Å². The molecular formula is C22H27FN2O2. The summed E-state index contributed by atoms with van der Waals surface area (Å²) in [5.74, 6) is 0.494. The molecule has 1 saturated heterocycles. The fourth-order valence-corrected chi connectivity index (χ4v) is 3.57. The SMILES string of the molecule is Cc1cccc(OC(C)C(=O)N(C)C2CCN(c3ccc(F)cc3)CC2)c1. The highest BCUT2D eigenvalue weighted by Crippen LogP contribution is 2.23. The number of anilines is 1. The lowest BCUT2D eigenvalue weighted by molar-refractivity contribution is -0.139. The topological polar surface area (TPSA) is 32.8 Å². The summed E-state index contributed by atoms with van der Waals surface area (Å²) in [4.78, 5) is 16.8. The molecule has 4 nitrogen and oxygen atoms in total. The van der Waals surface area contributed by atoms with Crippen molar-refractivity contribution in [1.29, 1.82) is 0 Å². The Balaban J connectivity index is 1.54. The first-order valence-electron chi connectivity index (χ1n) is 9.44. The number of piperidine rings is 1. The summed E-state index contributed by atoms with van der Waals surface area (Å²) in [7, 11) is 1.86. The van der Waals surface area contributed by atoms with Gasteiger partial charge in [-0.2, -0.15) is 0 Å². The van der Waals surface area contributed by atoms with E-state index in [4.69, 9.17) is 4.74 Å². The molecule has 1 fully saturated rings. The second kappa shape index (κ2) is 8.42. The van der Waals surface area contributed by atoms with Gasteiger partial charge in [-0.15, -0.1) is 0 Å². The molecule has 0 saturated carbocycles. The van der Waals surface area contributed by atoms with Gasteiger partial charge < -0.3 is 14.5 Å². The van der Waals surface area contributed by atoms with Gasteiger partial charge in [-0.05, 0) is 68.7 Å². The Morgan fingerprint density at radius 1 is 1.19 bits per heavy atom. The minimum atomic E-state index is -0.521. The van der Waals surface area contributed by atoms with Crippen molar-refractivity contribution in [3.8, 4) is 5.75 Å². The molecule has 1 unspecified atom stereocenters. The van der Waals surface area contributed by atoms with Gasteiger partial charge in [0.05, 0.1) is 0 Å². The van der Waals surface area contributed by atoms with E-state index in [0.717, 1.165) is 42.9 Å². The fraction of sp³-hybridized carbons (Fsp3) is 0.409. The molecule has 0 N–H and O–H groups in total. The number of ether oxygens (including phenoxy) is 1. The number of amides is 1. The minimum absolute atomic E-state index is 0.00302. The van der Waals surface area contributed by atoms with E-state index in [1.165, 1.54) is 12.1 Å². The highest BCUT2D eigenvalue weighted by molar-refractivity contribution is 5.81. The molecule has 0 aromatic heterocycles. The first-order chi connectivity index (χ1) is 12.9. The molecule has 5 heteroatoms. The van der Waals surface area contributed by atoms with Gasteiger partial charge in [-0.1, -0.05) is 12.1 Å². The monoisotopic (exact) mass is 370 g/mol. The van der Waals surface area contributed by atoms with Crippen LogP contribution >= 0.6 is 0 Å². The number of aryl methyl sites for hydroxylation is 1. The first-order valence-corrected chi connectivity index (χ1v) is 9.44. The van der Waals surface area contributed by atoms with Crippen LogP contribution < -0.4 is 9.64 Å². The largest absolute Gasteiger partial charge is 0.481 e. The molecule has 1 amide bonds. The van der Waals surface area contributed by atoms with E-state index in [1.807, 2.05) is 55.3 Å². The van der Waals surface area contributed by atoms with Crippen molar-refractivity contribution in [1.82, 2.24) is 4.90 Å². The first kappa shape index (κ1) is 19.2. The van der Waals surface area contributed by atoms with E-state index in [9.17, 15) is 9.18 Å². The number of rotatable bonds is 5. The van der Waals surface area contributed by atoms with Crippen molar-refractivity contribution in [2.75, 3.05) is 25.0 Å². The molecular weight excluding hydrogens is 343 g/mol. The maximum Gasteiger partial charge on any atom is 0.263 e. The van der Waals surface area contributed by atoms with Gasteiger partial charge in [0.2, 0.25) is 0 Å². The Labute approximate surface area is 160 Å². The molecule has 2 aromatic rings. The van der Waals surface area contributed by atoms with E-state index in [0.29, 0.717) is 0 Å². The Morgan fingerprint density at radius 3 is 2.48 bits per heavy atom. The predicted molar refractivity (Wildman–Crippen MR) is 106 cm³/mol. The van der Waals surface area contributed by atoms with Gasteiger partial charge in [0.1, 0.15) is 11.6 Å². The van der Waals surface area contributed by atoms with Crippen molar-refractivity contribution in [3.63, 3.8) is 0 Å². The van der Waals surface area contributed by atoms with Crippen LogP contribution in [-0.2, 0) is 4.79 Å². The van der Waals surface area contributed by atoms with Crippen LogP contribution in [0.15, 0.2) is 48.5 Å². The lowest BCUT2D eigenvalue weighted by Crippen LogP contribution is -2.49. The summed E-state index contributed by atoms with van der Waals surface area (Å²) in [6, 6.07) is 14.5. The summed E-state index contributed by atoms with van der Waals surface area (Å²) >= 11 is 0. The summed E-state index contributed by atoms with van der Waals surface area (Å²) in [5, 5.41) is 0. The maximum atomic E-state index is 13.1. The Bertz CT molecular complexity index is 770. The molecule has 1 aliphatic heterocycles. The van der Waals surface area contributed by atoms with Crippen LogP contribution in [0.2, 0.25) is 0 Å². The van der Waals surface area contributed by atoms with Gasteiger partial charge >= 0.3 is 0 Å². The third kappa shape index (κ3) is 4.79. The molecule has 144 valence electrons. The Hall–Kier alpha value is -2.56. The average Bonchev–Trinajstić information content (AvgIpc) is 2.67. The summed E-state index contributed by atoms with van der Waals surface area (Å²) in [6.45, 7) is 5.50.